The van der Waals surface area contributed by atoms with Crippen LogP contribution in [0.4, 0.5) is 0 Å². The number of aromatic nitrogens is 2. The summed E-state index contributed by atoms with van der Waals surface area (Å²) in [5.74, 6) is -0.209. The molecular weight excluding hydrogens is 410 g/mol. The Hall–Kier alpha value is -2.07. The summed E-state index contributed by atoms with van der Waals surface area (Å²) >= 11 is 7.18. The Morgan fingerprint density at radius 1 is 1.30 bits per heavy atom. The van der Waals surface area contributed by atoms with Crippen molar-refractivity contribution in [2.24, 2.45) is 0 Å². The van der Waals surface area contributed by atoms with Crippen molar-refractivity contribution in [2.75, 3.05) is 12.8 Å². The molecule has 27 heavy (non-hydrogen) atoms. The van der Waals surface area contributed by atoms with Crippen LogP contribution >= 0.6 is 22.9 Å². The minimum Gasteiger partial charge on any atom is -0.291 e. The Morgan fingerprint density at radius 2 is 2.07 bits per heavy atom. The fourth-order valence-corrected chi connectivity index (χ4v) is 4.07. The number of Topliss-reactive ketones (excluding diaryl/α,β-unsaturated/α-hetero) is 1. The first kappa shape index (κ1) is 19.7. The van der Waals surface area contributed by atoms with Crippen LogP contribution in [0.15, 0.2) is 41.5 Å². The van der Waals surface area contributed by atoms with E-state index in [0.29, 0.717) is 27.2 Å². The SMILES string of the molecule is CS(=O)(=O)NCCc1ccc(C(=O)Cn2cnc3cc(Cl)ccc3c2=O)s1. The number of rotatable bonds is 7. The first-order chi connectivity index (χ1) is 12.7. The molecule has 0 atom stereocenters. The molecule has 1 N–H and O–H groups in total. The molecule has 0 unspecified atom stereocenters. The van der Waals surface area contributed by atoms with Gasteiger partial charge >= 0.3 is 0 Å². The van der Waals surface area contributed by atoms with E-state index in [1.807, 2.05) is 0 Å². The molecule has 2 aromatic heterocycles. The molecule has 0 saturated heterocycles. The summed E-state index contributed by atoms with van der Waals surface area (Å²) in [7, 11) is -3.24. The molecule has 0 spiro atoms. The first-order valence-electron chi connectivity index (χ1n) is 7.94. The van der Waals surface area contributed by atoms with E-state index in [1.165, 1.54) is 22.2 Å². The topological polar surface area (TPSA) is 98.1 Å². The average Bonchev–Trinajstić information content (AvgIpc) is 3.05. The highest BCUT2D eigenvalue weighted by Crippen LogP contribution is 2.18. The Labute approximate surface area is 164 Å². The Kier molecular flexibility index (Phi) is 5.75. The molecule has 7 nitrogen and oxygen atoms in total. The minimum absolute atomic E-state index is 0.119. The summed E-state index contributed by atoms with van der Waals surface area (Å²) in [5, 5.41) is 0.883. The van der Waals surface area contributed by atoms with E-state index >= 15 is 0 Å². The molecule has 3 aromatic rings. The number of nitrogens with one attached hydrogen (secondary N) is 1. The molecule has 0 aliphatic rings. The summed E-state index contributed by atoms with van der Waals surface area (Å²) in [5.41, 5.74) is 0.173. The van der Waals surface area contributed by atoms with Crippen LogP contribution in [0.25, 0.3) is 10.9 Å². The number of nitrogens with zero attached hydrogens (tertiary/aromatic N) is 2. The van der Waals surface area contributed by atoms with E-state index in [4.69, 9.17) is 11.6 Å². The van der Waals surface area contributed by atoms with Gasteiger partial charge in [0.2, 0.25) is 10.0 Å². The van der Waals surface area contributed by atoms with Crippen LogP contribution < -0.4 is 10.3 Å². The molecule has 10 heteroatoms. The summed E-state index contributed by atoms with van der Waals surface area (Å²) in [6.45, 7) is 0.148. The highest BCUT2D eigenvalue weighted by atomic mass is 35.5. The standard InChI is InChI=1S/C17H16ClN3O4S2/c1-27(24,25)20-7-6-12-3-5-16(26-12)15(22)9-21-10-19-14-8-11(18)2-4-13(14)17(21)23/h2-5,8,10,20H,6-7,9H2,1H3. The van der Waals surface area contributed by atoms with Crippen molar-refractivity contribution >= 4 is 49.6 Å². The molecule has 0 radical (unpaired) electrons. The number of sulfonamides is 1. The number of halogens is 1. The second kappa shape index (κ2) is 7.89. The molecular formula is C17H16ClN3O4S2. The molecule has 0 bridgehead atoms. The maximum absolute atomic E-state index is 12.5. The Morgan fingerprint density at radius 3 is 2.81 bits per heavy atom. The van der Waals surface area contributed by atoms with E-state index in [9.17, 15) is 18.0 Å². The molecule has 0 amide bonds. The van der Waals surface area contributed by atoms with Gasteiger partial charge in [0, 0.05) is 16.4 Å². The monoisotopic (exact) mass is 425 g/mol. The zero-order valence-electron chi connectivity index (χ0n) is 14.3. The fourth-order valence-electron chi connectivity index (χ4n) is 2.50. The van der Waals surface area contributed by atoms with Crippen molar-refractivity contribution in [1.82, 2.24) is 14.3 Å². The van der Waals surface area contributed by atoms with Gasteiger partial charge in [-0.2, -0.15) is 0 Å². The predicted octanol–water partition coefficient (Wildman–Crippen LogP) is 2.09. The maximum atomic E-state index is 12.5. The van der Waals surface area contributed by atoms with Gasteiger partial charge in [-0.1, -0.05) is 11.6 Å². The number of fused-ring (bicyclic) bond motifs is 1. The highest BCUT2D eigenvalue weighted by Gasteiger charge is 2.13. The summed E-state index contributed by atoms with van der Waals surface area (Å²) in [6.07, 6.45) is 2.92. The quantitative estimate of drug-likeness (QED) is 0.584. The van der Waals surface area contributed by atoms with Crippen molar-refractivity contribution in [3.05, 3.63) is 61.8 Å². The number of carbonyl (C=O) groups is 1. The van der Waals surface area contributed by atoms with Gasteiger partial charge in [-0.3, -0.25) is 14.2 Å². The number of carbonyl (C=O) groups excluding carboxylic acids is 1. The minimum atomic E-state index is -3.24. The van der Waals surface area contributed by atoms with Gasteiger partial charge in [0.15, 0.2) is 5.78 Å². The lowest BCUT2D eigenvalue weighted by Gasteiger charge is -2.05. The van der Waals surface area contributed by atoms with Gasteiger partial charge in [-0.25, -0.2) is 18.1 Å². The van der Waals surface area contributed by atoms with Crippen molar-refractivity contribution in [3.8, 4) is 0 Å². The fraction of sp³-hybridized carbons (Fsp3) is 0.235. The summed E-state index contributed by atoms with van der Waals surface area (Å²) in [4.78, 5) is 30.6. The van der Waals surface area contributed by atoms with Gasteiger partial charge < -0.3 is 0 Å². The van der Waals surface area contributed by atoms with Crippen molar-refractivity contribution in [2.45, 2.75) is 13.0 Å². The third kappa shape index (κ3) is 5.01. The number of thiophene rings is 1. The van der Waals surface area contributed by atoms with Crippen LogP contribution in [-0.2, 0) is 23.0 Å². The molecule has 0 saturated carbocycles. The van der Waals surface area contributed by atoms with E-state index in [-0.39, 0.29) is 24.4 Å². The highest BCUT2D eigenvalue weighted by molar-refractivity contribution is 7.88. The first-order valence-corrected chi connectivity index (χ1v) is 11.0. The number of hydrogen-bond acceptors (Lipinski definition) is 6. The molecule has 3 rings (SSSR count). The molecule has 0 aliphatic carbocycles. The van der Waals surface area contributed by atoms with E-state index in [2.05, 4.69) is 9.71 Å². The predicted molar refractivity (Wildman–Crippen MR) is 106 cm³/mol. The number of hydrogen-bond donors (Lipinski definition) is 1. The number of ketones is 1. The van der Waals surface area contributed by atoms with Crippen molar-refractivity contribution in [1.29, 1.82) is 0 Å². The van der Waals surface area contributed by atoms with Crippen LogP contribution in [0, 0.1) is 0 Å². The molecule has 0 fully saturated rings. The van der Waals surface area contributed by atoms with E-state index in [1.54, 1.807) is 30.3 Å². The zero-order valence-corrected chi connectivity index (χ0v) is 16.7. The van der Waals surface area contributed by atoms with Crippen molar-refractivity contribution in [3.63, 3.8) is 0 Å². The lowest BCUT2D eigenvalue weighted by Crippen LogP contribution is -2.24. The second-order valence-electron chi connectivity index (χ2n) is 5.94. The summed E-state index contributed by atoms with van der Waals surface area (Å²) in [6, 6.07) is 8.26. The molecule has 142 valence electrons. The lowest BCUT2D eigenvalue weighted by molar-refractivity contribution is 0.0974. The van der Waals surface area contributed by atoms with E-state index < -0.39 is 10.0 Å². The smallest absolute Gasteiger partial charge is 0.261 e. The third-order valence-electron chi connectivity index (χ3n) is 3.77. The van der Waals surface area contributed by atoms with Gasteiger partial charge in [-0.15, -0.1) is 11.3 Å². The Bertz CT molecular complexity index is 1170. The normalized spacial score (nSPS) is 11.8. The average molecular weight is 426 g/mol. The lowest BCUT2D eigenvalue weighted by atomic mass is 10.2. The van der Waals surface area contributed by atoms with Gasteiger partial charge in [0.25, 0.3) is 5.56 Å². The number of benzene rings is 1. The second-order valence-corrected chi connectivity index (χ2v) is 9.38. The van der Waals surface area contributed by atoms with Crippen LogP contribution in [0.2, 0.25) is 5.02 Å². The van der Waals surface area contributed by atoms with Gasteiger partial charge in [-0.05, 0) is 36.8 Å². The molecule has 2 heterocycles. The molecule has 0 aliphatic heterocycles. The maximum Gasteiger partial charge on any atom is 0.261 e. The Balaban J connectivity index is 1.72. The van der Waals surface area contributed by atoms with Crippen LogP contribution in [0.3, 0.4) is 0 Å². The largest absolute Gasteiger partial charge is 0.291 e. The van der Waals surface area contributed by atoms with Gasteiger partial charge in [0.05, 0.1) is 34.9 Å². The van der Waals surface area contributed by atoms with Crippen LogP contribution in [0.5, 0.6) is 0 Å². The third-order valence-corrected chi connectivity index (χ3v) is 5.92. The summed E-state index contributed by atoms with van der Waals surface area (Å²) < 4.78 is 25.8. The van der Waals surface area contributed by atoms with Crippen LogP contribution in [-0.4, -0.2) is 36.6 Å². The van der Waals surface area contributed by atoms with Crippen LogP contribution in [0.1, 0.15) is 14.5 Å². The van der Waals surface area contributed by atoms with Crippen molar-refractivity contribution < 1.29 is 13.2 Å². The zero-order chi connectivity index (χ0) is 19.6. The van der Waals surface area contributed by atoms with E-state index in [0.717, 1.165) is 11.1 Å². The van der Waals surface area contributed by atoms with Gasteiger partial charge in [0.1, 0.15) is 0 Å². The molecule has 1 aromatic carbocycles.